The molecule has 37 heavy (non-hydrogen) atoms. The molecule has 1 N–H and O–H groups in total. The molecule has 1 fully saturated rings. The van der Waals surface area contributed by atoms with Gasteiger partial charge in [-0.05, 0) is 73.0 Å². The Hall–Kier alpha value is -3.73. The number of rotatable bonds is 9. The molecular formula is C29H28ClFN4O2. The van der Waals surface area contributed by atoms with E-state index in [0.717, 1.165) is 42.6 Å². The number of anilines is 1. The van der Waals surface area contributed by atoms with Crippen LogP contribution >= 0.6 is 11.6 Å². The van der Waals surface area contributed by atoms with E-state index in [0.29, 0.717) is 24.3 Å². The standard InChI is InChI=1S/C29H28ClFN4O2/c30-26-18-25(10-11-27(26)31)33-28(36)20-35(15-14-34-12-1-2-13-34)29(37)17-21-6-8-23(9-7-21)24-5-3-4-22(16-24)19-32/h3-11,16,18H,1-2,12-15,17,20H2,(H,33,36). The summed E-state index contributed by atoms with van der Waals surface area (Å²) in [5.41, 5.74) is 3.69. The highest BCUT2D eigenvalue weighted by molar-refractivity contribution is 6.31. The summed E-state index contributed by atoms with van der Waals surface area (Å²) < 4.78 is 13.4. The van der Waals surface area contributed by atoms with E-state index in [4.69, 9.17) is 16.9 Å². The normalized spacial score (nSPS) is 13.2. The number of likely N-dealkylation sites (tertiary alicyclic amines) is 1. The summed E-state index contributed by atoms with van der Waals surface area (Å²) in [6.45, 7) is 3.03. The Labute approximate surface area is 221 Å². The van der Waals surface area contributed by atoms with Crippen LogP contribution in [0.3, 0.4) is 0 Å². The highest BCUT2D eigenvalue weighted by atomic mass is 35.5. The summed E-state index contributed by atoms with van der Waals surface area (Å²) >= 11 is 5.82. The molecule has 6 nitrogen and oxygen atoms in total. The number of amides is 2. The Bertz CT molecular complexity index is 1300. The van der Waals surface area contributed by atoms with Crippen LogP contribution < -0.4 is 5.32 Å². The molecule has 0 atom stereocenters. The summed E-state index contributed by atoms with van der Waals surface area (Å²) in [4.78, 5) is 29.9. The summed E-state index contributed by atoms with van der Waals surface area (Å²) in [6, 6.07) is 21.1. The van der Waals surface area contributed by atoms with E-state index >= 15 is 0 Å². The van der Waals surface area contributed by atoms with Crippen LogP contribution in [0.4, 0.5) is 10.1 Å². The number of carbonyl (C=O) groups is 2. The molecule has 8 heteroatoms. The summed E-state index contributed by atoms with van der Waals surface area (Å²) in [7, 11) is 0. The zero-order valence-electron chi connectivity index (χ0n) is 20.4. The van der Waals surface area contributed by atoms with Gasteiger partial charge in [0.25, 0.3) is 0 Å². The third kappa shape index (κ3) is 7.39. The first kappa shape index (κ1) is 26.3. The van der Waals surface area contributed by atoms with Crippen LogP contribution in [0, 0.1) is 17.1 Å². The zero-order valence-corrected chi connectivity index (χ0v) is 21.2. The van der Waals surface area contributed by atoms with Crippen LogP contribution in [0.1, 0.15) is 24.0 Å². The van der Waals surface area contributed by atoms with Crippen LogP contribution in [-0.2, 0) is 16.0 Å². The maximum atomic E-state index is 13.4. The van der Waals surface area contributed by atoms with E-state index in [1.165, 1.54) is 18.2 Å². The second-order valence-corrected chi connectivity index (χ2v) is 9.51. The predicted molar refractivity (Wildman–Crippen MR) is 143 cm³/mol. The van der Waals surface area contributed by atoms with E-state index in [-0.39, 0.29) is 29.8 Å². The quantitative estimate of drug-likeness (QED) is 0.426. The predicted octanol–water partition coefficient (Wildman–Crippen LogP) is 5.12. The average molecular weight is 519 g/mol. The fourth-order valence-corrected chi connectivity index (χ4v) is 4.56. The first-order chi connectivity index (χ1) is 17.9. The van der Waals surface area contributed by atoms with Gasteiger partial charge in [0.05, 0.1) is 29.6 Å². The maximum absolute atomic E-state index is 13.4. The minimum Gasteiger partial charge on any atom is -0.332 e. The van der Waals surface area contributed by atoms with Crippen molar-refractivity contribution in [3.8, 4) is 17.2 Å². The Kier molecular flexibility index (Phi) is 8.89. The lowest BCUT2D eigenvalue weighted by atomic mass is 10.0. The van der Waals surface area contributed by atoms with Crippen LogP contribution in [0.15, 0.2) is 66.7 Å². The van der Waals surface area contributed by atoms with Gasteiger partial charge in [-0.25, -0.2) is 4.39 Å². The van der Waals surface area contributed by atoms with Gasteiger partial charge >= 0.3 is 0 Å². The van der Waals surface area contributed by atoms with Crippen LogP contribution in [0.5, 0.6) is 0 Å². The van der Waals surface area contributed by atoms with Crippen molar-refractivity contribution in [2.45, 2.75) is 19.3 Å². The van der Waals surface area contributed by atoms with Crippen molar-refractivity contribution in [1.82, 2.24) is 9.80 Å². The maximum Gasteiger partial charge on any atom is 0.243 e. The van der Waals surface area contributed by atoms with Gasteiger partial charge in [-0.15, -0.1) is 0 Å². The number of nitriles is 1. The number of hydrogen-bond donors (Lipinski definition) is 1. The van der Waals surface area contributed by atoms with E-state index < -0.39 is 5.82 Å². The molecule has 3 aromatic rings. The molecule has 1 aliphatic rings. The SMILES string of the molecule is N#Cc1cccc(-c2ccc(CC(=O)N(CCN3CCCC3)CC(=O)Nc3ccc(F)c(Cl)c3)cc2)c1. The van der Waals surface area contributed by atoms with Crippen LogP contribution in [0.2, 0.25) is 5.02 Å². The number of halogens is 2. The van der Waals surface area contributed by atoms with Gasteiger partial charge in [0, 0.05) is 18.8 Å². The highest BCUT2D eigenvalue weighted by Gasteiger charge is 2.20. The summed E-state index contributed by atoms with van der Waals surface area (Å²) in [6.07, 6.45) is 2.45. The van der Waals surface area contributed by atoms with Gasteiger partial charge < -0.3 is 15.1 Å². The molecule has 1 aliphatic heterocycles. The second kappa shape index (κ2) is 12.5. The Morgan fingerprint density at radius 1 is 1.03 bits per heavy atom. The molecule has 0 radical (unpaired) electrons. The number of hydrogen-bond acceptors (Lipinski definition) is 4. The van der Waals surface area contributed by atoms with Crippen molar-refractivity contribution in [3.05, 3.63) is 88.7 Å². The topological polar surface area (TPSA) is 76.4 Å². The number of nitrogens with zero attached hydrogens (tertiary/aromatic N) is 3. The van der Waals surface area contributed by atoms with E-state index in [2.05, 4.69) is 16.3 Å². The fourth-order valence-electron chi connectivity index (χ4n) is 4.38. The lowest BCUT2D eigenvalue weighted by molar-refractivity contribution is -0.134. The van der Waals surface area contributed by atoms with Crippen molar-refractivity contribution in [3.63, 3.8) is 0 Å². The molecular weight excluding hydrogens is 491 g/mol. The minimum atomic E-state index is -0.564. The molecule has 3 aromatic carbocycles. The fraction of sp³-hybridized carbons (Fsp3) is 0.276. The lowest BCUT2D eigenvalue weighted by Gasteiger charge is -2.25. The minimum absolute atomic E-state index is 0.0810. The van der Waals surface area contributed by atoms with Crippen molar-refractivity contribution >= 4 is 29.1 Å². The van der Waals surface area contributed by atoms with E-state index in [1.807, 2.05) is 42.5 Å². The Balaban J connectivity index is 1.42. The molecule has 0 aliphatic carbocycles. The van der Waals surface area contributed by atoms with Crippen molar-refractivity contribution in [2.75, 3.05) is 38.0 Å². The number of nitrogens with one attached hydrogen (secondary N) is 1. The van der Waals surface area contributed by atoms with Gasteiger partial charge in [0.2, 0.25) is 11.8 Å². The Morgan fingerprint density at radius 3 is 2.49 bits per heavy atom. The zero-order chi connectivity index (χ0) is 26.2. The van der Waals surface area contributed by atoms with Gasteiger partial charge in [0.1, 0.15) is 5.82 Å². The molecule has 4 rings (SSSR count). The van der Waals surface area contributed by atoms with Crippen molar-refractivity contribution < 1.29 is 14.0 Å². The van der Waals surface area contributed by atoms with Crippen molar-refractivity contribution in [1.29, 1.82) is 5.26 Å². The van der Waals surface area contributed by atoms with Gasteiger partial charge in [-0.3, -0.25) is 9.59 Å². The second-order valence-electron chi connectivity index (χ2n) is 9.11. The van der Waals surface area contributed by atoms with E-state index in [1.54, 1.807) is 11.0 Å². The largest absolute Gasteiger partial charge is 0.332 e. The highest BCUT2D eigenvalue weighted by Crippen LogP contribution is 2.22. The van der Waals surface area contributed by atoms with Gasteiger partial charge in [-0.1, -0.05) is 48.0 Å². The van der Waals surface area contributed by atoms with E-state index in [9.17, 15) is 14.0 Å². The summed E-state index contributed by atoms with van der Waals surface area (Å²) in [5.74, 6) is -1.08. The molecule has 0 aromatic heterocycles. The average Bonchev–Trinajstić information content (AvgIpc) is 3.43. The molecule has 190 valence electrons. The lowest BCUT2D eigenvalue weighted by Crippen LogP contribution is -2.43. The number of benzene rings is 3. The molecule has 0 bridgehead atoms. The summed E-state index contributed by atoms with van der Waals surface area (Å²) in [5, 5.41) is 11.8. The van der Waals surface area contributed by atoms with Gasteiger partial charge in [-0.2, -0.15) is 5.26 Å². The van der Waals surface area contributed by atoms with Gasteiger partial charge in [0.15, 0.2) is 0 Å². The molecule has 2 amide bonds. The smallest absolute Gasteiger partial charge is 0.243 e. The molecule has 0 spiro atoms. The van der Waals surface area contributed by atoms with Crippen molar-refractivity contribution in [2.24, 2.45) is 0 Å². The van der Waals surface area contributed by atoms with Crippen LogP contribution in [0.25, 0.3) is 11.1 Å². The molecule has 0 unspecified atom stereocenters. The first-order valence-electron chi connectivity index (χ1n) is 12.3. The number of carbonyl (C=O) groups excluding carboxylic acids is 2. The monoisotopic (exact) mass is 518 g/mol. The Morgan fingerprint density at radius 2 is 1.78 bits per heavy atom. The molecule has 1 heterocycles. The molecule has 0 saturated carbocycles. The third-order valence-corrected chi connectivity index (χ3v) is 6.70. The first-order valence-corrected chi connectivity index (χ1v) is 12.6. The third-order valence-electron chi connectivity index (χ3n) is 6.41. The molecule has 1 saturated heterocycles. The van der Waals surface area contributed by atoms with Crippen LogP contribution in [-0.4, -0.2) is 54.3 Å².